The number of piperidine rings is 1. The van der Waals surface area contributed by atoms with E-state index in [1.807, 2.05) is 13.8 Å². The molecule has 0 bridgehead atoms. The summed E-state index contributed by atoms with van der Waals surface area (Å²) in [5.74, 6) is -0.157. The lowest BCUT2D eigenvalue weighted by atomic mass is 9.97. The Kier molecular flexibility index (Phi) is 4.77. The van der Waals surface area contributed by atoms with Crippen LogP contribution in [-0.2, 0) is 14.3 Å². The SMILES string of the molecule is CCOC(=O)[C@H]1CCCN(C(=O)C(C)C)C1. The van der Waals surface area contributed by atoms with E-state index in [1.54, 1.807) is 11.8 Å². The van der Waals surface area contributed by atoms with Crippen LogP contribution in [0.5, 0.6) is 0 Å². The van der Waals surface area contributed by atoms with Gasteiger partial charge in [0.1, 0.15) is 0 Å². The Labute approximate surface area is 96.9 Å². The van der Waals surface area contributed by atoms with Gasteiger partial charge in [-0.3, -0.25) is 9.59 Å². The summed E-state index contributed by atoms with van der Waals surface area (Å²) < 4.78 is 4.99. The predicted octanol–water partition coefficient (Wildman–Crippen LogP) is 1.44. The highest BCUT2D eigenvalue weighted by Gasteiger charge is 2.29. The first-order valence-corrected chi connectivity index (χ1v) is 6.01. The lowest BCUT2D eigenvalue weighted by molar-refractivity contribution is -0.151. The first-order valence-electron chi connectivity index (χ1n) is 6.01. The number of amides is 1. The Morgan fingerprint density at radius 1 is 1.44 bits per heavy atom. The second-order valence-electron chi connectivity index (χ2n) is 4.53. The van der Waals surface area contributed by atoms with Crippen LogP contribution in [-0.4, -0.2) is 36.5 Å². The Morgan fingerprint density at radius 3 is 2.69 bits per heavy atom. The quantitative estimate of drug-likeness (QED) is 0.685. The van der Waals surface area contributed by atoms with Crippen LogP contribution in [0.2, 0.25) is 0 Å². The standard InChI is InChI=1S/C12H21NO3/c1-4-16-12(15)10-6-5-7-13(8-10)11(14)9(2)3/h9-10H,4-8H2,1-3H3/t10-/m0/s1. The van der Waals surface area contributed by atoms with Gasteiger partial charge in [0, 0.05) is 19.0 Å². The minimum Gasteiger partial charge on any atom is -0.466 e. The molecule has 92 valence electrons. The van der Waals surface area contributed by atoms with E-state index in [0.29, 0.717) is 13.2 Å². The molecule has 0 aromatic heterocycles. The van der Waals surface area contributed by atoms with E-state index in [-0.39, 0.29) is 23.7 Å². The maximum Gasteiger partial charge on any atom is 0.310 e. The average molecular weight is 227 g/mol. The molecule has 0 N–H and O–H groups in total. The number of likely N-dealkylation sites (tertiary alicyclic amines) is 1. The molecule has 1 aliphatic heterocycles. The fourth-order valence-electron chi connectivity index (χ4n) is 1.99. The molecule has 1 aliphatic rings. The maximum atomic E-state index is 11.8. The van der Waals surface area contributed by atoms with Gasteiger partial charge in [-0.15, -0.1) is 0 Å². The molecular formula is C12H21NO3. The van der Waals surface area contributed by atoms with Crippen LogP contribution >= 0.6 is 0 Å². The number of carbonyl (C=O) groups excluding carboxylic acids is 2. The summed E-state index contributed by atoms with van der Waals surface area (Å²) in [4.78, 5) is 25.2. The first kappa shape index (κ1) is 13.0. The van der Waals surface area contributed by atoms with Crippen molar-refractivity contribution in [3.63, 3.8) is 0 Å². The summed E-state index contributed by atoms with van der Waals surface area (Å²) in [6.45, 7) is 7.28. The Balaban J connectivity index is 2.53. The molecule has 4 nitrogen and oxygen atoms in total. The summed E-state index contributed by atoms with van der Waals surface area (Å²) in [6, 6.07) is 0. The summed E-state index contributed by atoms with van der Waals surface area (Å²) in [5, 5.41) is 0. The Hall–Kier alpha value is -1.06. The van der Waals surface area contributed by atoms with Crippen LogP contribution in [0.15, 0.2) is 0 Å². The number of hydrogen-bond acceptors (Lipinski definition) is 3. The van der Waals surface area contributed by atoms with Crippen LogP contribution in [0.3, 0.4) is 0 Å². The zero-order chi connectivity index (χ0) is 12.1. The van der Waals surface area contributed by atoms with Crippen molar-refractivity contribution in [2.45, 2.75) is 33.6 Å². The molecule has 4 heteroatoms. The van der Waals surface area contributed by atoms with Gasteiger partial charge in [-0.2, -0.15) is 0 Å². The average Bonchev–Trinajstić information content (AvgIpc) is 2.28. The van der Waals surface area contributed by atoms with Gasteiger partial charge in [-0.05, 0) is 19.8 Å². The van der Waals surface area contributed by atoms with Gasteiger partial charge in [0.15, 0.2) is 0 Å². The van der Waals surface area contributed by atoms with E-state index in [2.05, 4.69) is 0 Å². The zero-order valence-electron chi connectivity index (χ0n) is 10.4. The molecule has 0 saturated carbocycles. The highest BCUT2D eigenvalue weighted by molar-refractivity contribution is 5.79. The zero-order valence-corrected chi connectivity index (χ0v) is 10.4. The lowest BCUT2D eigenvalue weighted by Gasteiger charge is -2.32. The highest BCUT2D eigenvalue weighted by Crippen LogP contribution is 2.19. The van der Waals surface area contributed by atoms with E-state index < -0.39 is 0 Å². The topological polar surface area (TPSA) is 46.6 Å². The van der Waals surface area contributed by atoms with Crippen LogP contribution in [0.25, 0.3) is 0 Å². The third-order valence-electron chi connectivity index (χ3n) is 2.85. The van der Waals surface area contributed by atoms with Gasteiger partial charge in [0.2, 0.25) is 5.91 Å². The van der Waals surface area contributed by atoms with E-state index in [0.717, 1.165) is 19.4 Å². The van der Waals surface area contributed by atoms with Gasteiger partial charge in [-0.25, -0.2) is 0 Å². The van der Waals surface area contributed by atoms with Crippen LogP contribution in [0, 0.1) is 11.8 Å². The third kappa shape index (κ3) is 3.22. The molecule has 0 spiro atoms. The minimum absolute atomic E-state index is 0.000876. The van der Waals surface area contributed by atoms with Gasteiger partial charge in [0.05, 0.1) is 12.5 Å². The van der Waals surface area contributed by atoms with E-state index >= 15 is 0 Å². The lowest BCUT2D eigenvalue weighted by Crippen LogP contribution is -2.44. The van der Waals surface area contributed by atoms with Gasteiger partial charge in [0.25, 0.3) is 0 Å². The van der Waals surface area contributed by atoms with Crippen molar-refractivity contribution in [1.82, 2.24) is 4.90 Å². The number of nitrogens with zero attached hydrogens (tertiary/aromatic N) is 1. The molecule has 1 fully saturated rings. The predicted molar refractivity (Wildman–Crippen MR) is 60.8 cm³/mol. The van der Waals surface area contributed by atoms with Gasteiger partial charge < -0.3 is 9.64 Å². The molecule has 1 rings (SSSR count). The fourth-order valence-corrected chi connectivity index (χ4v) is 1.99. The summed E-state index contributed by atoms with van der Waals surface area (Å²) in [5.41, 5.74) is 0. The molecule has 0 radical (unpaired) electrons. The van der Waals surface area contributed by atoms with Crippen molar-refractivity contribution >= 4 is 11.9 Å². The smallest absolute Gasteiger partial charge is 0.310 e. The summed E-state index contributed by atoms with van der Waals surface area (Å²) >= 11 is 0. The molecule has 1 saturated heterocycles. The third-order valence-corrected chi connectivity index (χ3v) is 2.85. The maximum absolute atomic E-state index is 11.8. The summed E-state index contributed by atoms with van der Waals surface area (Å²) in [7, 11) is 0. The number of ether oxygens (including phenoxy) is 1. The van der Waals surface area contributed by atoms with Gasteiger partial charge >= 0.3 is 5.97 Å². The number of carbonyl (C=O) groups is 2. The molecule has 1 atom stereocenters. The van der Waals surface area contributed by atoms with E-state index in [4.69, 9.17) is 4.74 Å². The first-order chi connectivity index (χ1) is 7.56. The van der Waals surface area contributed by atoms with Crippen LogP contribution in [0.1, 0.15) is 33.6 Å². The molecule has 0 unspecified atom stereocenters. The molecule has 0 aliphatic carbocycles. The minimum atomic E-state index is -0.163. The fraction of sp³-hybridized carbons (Fsp3) is 0.833. The number of rotatable bonds is 3. The number of hydrogen-bond donors (Lipinski definition) is 0. The van der Waals surface area contributed by atoms with Gasteiger partial charge in [-0.1, -0.05) is 13.8 Å². The molecule has 16 heavy (non-hydrogen) atoms. The summed E-state index contributed by atoms with van der Waals surface area (Å²) in [6.07, 6.45) is 1.72. The molecule has 0 aromatic rings. The number of esters is 1. The van der Waals surface area contributed by atoms with Crippen molar-refractivity contribution in [3.8, 4) is 0 Å². The van der Waals surface area contributed by atoms with Crippen molar-refractivity contribution in [3.05, 3.63) is 0 Å². The Morgan fingerprint density at radius 2 is 2.12 bits per heavy atom. The van der Waals surface area contributed by atoms with E-state index in [9.17, 15) is 9.59 Å². The van der Waals surface area contributed by atoms with Crippen molar-refractivity contribution in [1.29, 1.82) is 0 Å². The second-order valence-corrected chi connectivity index (χ2v) is 4.53. The highest BCUT2D eigenvalue weighted by atomic mass is 16.5. The largest absolute Gasteiger partial charge is 0.466 e. The van der Waals surface area contributed by atoms with Crippen LogP contribution < -0.4 is 0 Å². The molecule has 1 heterocycles. The second kappa shape index (κ2) is 5.87. The molecular weight excluding hydrogens is 206 g/mol. The van der Waals surface area contributed by atoms with Crippen molar-refractivity contribution in [2.75, 3.05) is 19.7 Å². The van der Waals surface area contributed by atoms with E-state index in [1.165, 1.54) is 0 Å². The molecule has 0 aromatic carbocycles. The van der Waals surface area contributed by atoms with Crippen LogP contribution in [0.4, 0.5) is 0 Å². The van der Waals surface area contributed by atoms with Crippen molar-refractivity contribution in [2.24, 2.45) is 11.8 Å². The normalized spacial score (nSPS) is 21.0. The molecule has 1 amide bonds. The monoisotopic (exact) mass is 227 g/mol. The van der Waals surface area contributed by atoms with Crippen molar-refractivity contribution < 1.29 is 14.3 Å². The Bertz CT molecular complexity index is 263.